The molecule has 0 N–H and O–H groups in total. The van der Waals surface area contributed by atoms with Gasteiger partial charge in [0.2, 0.25) is 0 Å². The second-order valence-electron chi connectivity index (χ2n) is 5.24. The van der Waals surface area contributed by atoms with Crippen molar-refractivity contribution in [2.24, 2.45) is 5.92 Å². The monoisotopic (exact) mass is 291 g/mol. The lowest BCUT2D eigenvalue weighted by Crippen LogP contribution is -2.35. The minimum atomic E-state index is 0.666. The van der Waals surface area contributed by atoms with E-state index in [2.05, 4.69) is 14.9 Å². The molecule has 20 heavy (non-hydrogen) atoms. The number of benzene rings is 1. The third-order valence-corrected chi connectivity index (χ3v) is 4.13. The van der Waals surface area contributed by atoms with Crippen molar-refractivity contribution in [3.05, 3.63) is 29.5 Å². The van der Waals surface area contributed by atoms with Gasteiger partial charge in [0.1, 0.15) is 12.1 Å². The largest absolute Gasteiger partial charge is 0.384 e. The van der Waals surface area contributed by atoms with Crippen LogP contribution in [0, 0.1) is 5.92 Å². The van der Waals surface area contributed by atoms with Gasteiger partial charge in [-0.1, -0.05) is 11.6 Å². The van der Waals surface area contributed by atoms with Crippen molar-refractivity contribution in [1.29, 1.82) is 0 Å². The predicted molar refractivity (Wildman–Crippen MR) is 81.4 cm³/mol. The Hall–Kier alpha value is -1.39. The molecule has 0 radical (unpaired) electrons. The van der Waals surface area contributed by atoms with Crippen LogP contribution in [0.2, 0.25) is 5.02 Å². The van der Waals surface area contributed by atoms with Gasteiger partial charge in [0.15, 0.2) is 0 Å². The number of rotatable bonds is 3. The molecule has 106 valence electrons. The van der Waals surface area contributed by atoms with Gasteiger partial charge in [-0.2, -0.15) is 0 Å². The fourth-order valence-electron chi connectivity index (χ4n) is 2.82. The number of hydrogen-bond donors (Lipinski definition) is 0. The van der Waals surface area contributed by atoms with Crippen molar-refractivity contribution in [3.8, 4) is 0 Å². The molecule has 1 saturated heterocycles. The molecule has 0 atom stereocenters. The van der Waals surface area contributed by atoms with E-state index in [4.69, 9.17) is 16.3 Å². The highest BCUT2D eigenvalue weighted by Gasteiger charge is 2.21. The van der Waals surface area contributed by atoms with Gasteiger partial charge in [-0.25, -0.2) is 9.97 Å². The number of nitrogens with zero attached hydrogens (tertiary/aromatic N) is 3. The maximum Gasteiger partial charge on any atom is 0.139 e. The molecule has 1 aliphatic heterocycles. The molecule has 4 nitrogen and oxygen atoms in total. The topological polar surface area (TPSA) is 38.2 Å². The van der Waals surface area contributed by atoms with Gasteiger partial charge >= 0.3 is 0 Å². The molecule has 0 saturated carbocycles. The van der Waals surface area contributed by atoms with Gasteiger partial charge in [-0.15, -0.1) is 0 Å². The molecule has 0 bridgehead atoms. The van der Waals surface area contributed by atoms with Crippen molar-refractivity contribution in [2.45, 2.75) is 12.8 Å². The summed E-state index contributed by atoms with van der Waals surface area (Å²) in [7, 11) is 1.77. The van der Waals surface area contributed by atoms with Crippen LogP contribution in [0.4, 0.5) is 5.82 Å². The molecule has 1 fully saturated rings. The number of anilines is 1. The molecule has 3 rings (SSSR count). The fourth-order valence-corrected chi connectivity index (χ4v) is 2.98. The van der Waals surface area contributed by atoms with Gasteiger partial charge in [-0.05, 0) is 37.0 Å². The van der Waals surface area contributed by atoms with Crippen molar-refractivity contribution in [3.63, 3.8) is 0 Å². The molecule has 0 amide bonds. The van der Waals surface area contributed by atoms with Gasteiger partial charge in [0.25, 0.3) is 0 Å². The minimum absolute atomic E-state index is 0.666. The lowest BCUT2D eigenvalue weighted by Gasteiger charge is -2.32. The molecule has 1 aromatic carbocycles. The van der Waals surface area contributed by atoms with Gasteiger partial charge in [0, 0.05) is 37.2 Å². The highest BCUT2D eigenvalue weighted by atomic mass is 35.5. The number of methoxy groups -OCH3 is 1. The highest BCUT2D eigenvalue weighted by Crippen LogP contribution is 2.28. The smallest absolute Gasteiger partial charge is 0.139 e. The summed E-state index contributed by atoms with van der Waals surface area (Å²) < 4.78 is 5.25. The summed E-state index contributed by atoms with van der Waals surface area (Å²) in [5.41, 5.74) is 0.904. The first kappa shape index (κ1) is 13.6. The Morgan fingerprint density at radius 1 is 1.30 bits per heavy atom. The average molecular weight is 292 g/mol. The Morgan fingerprint density at radius 2 is 2.10 bits per heavy atom. The summed E-state index contributed by atoms with van der Waals surface area (Å²) in [6.07, 6.45) is 3.91. The number of fused-ring (bicyclic) bond motifs is 1. The Morgan fingerprint density at radius 3 is 2.85 bits per heavy atom. The van der Waals surface area contributed by atoms with Crippen molar-refractivity contribution in [2.75, 3.05) is 31.7 Å². The zero-order valence-corrected chi connectivity index (χ0v) is 12.3. The Balaban J connectivity index is 1.84. The Bertz CT molecular complexity index is 597. The minimum Gasteiger partial charge on any atom is -0.384 e. The third-order valence-electron chi connectivity index (χ3n) is 3.89. The van der Waals surface area contributed by atoms with Crippen LogP contribution >= 0.6 is 11.6 Å². The molecular weight excluding hydrogens is 274 g/mol. The van der Waals surface area contributed by atoms with E-state index in [1.165, 1.54) is 0 Å². The van der Waals surface area contributed by atoms with E-state index in [0.717, 1.165) is 49.3 Å². The summed E-state index contributed by atoms with van der Waals surface area (Å²) in [5, 5.41) is 1.78. The van der Waals surface area contributed by atoms with E-state index in [0.29, 0.717) is 10.9 Å². The lowest BCUT2D eigenvalue weighted by molar-refractivity contribution is 0.139. The van der Waals surface area contributed by atoms with E-state index >= 15 is 0 Å². The first-order valence-electron chi connectivity index (χ1n) is 6.92. The SMILES string of the molecule is COCC1CCN(c2ncnc3cc(Cl)ccc23)CC1. The molecule has 1 aliphatic rings. The maximum absolute atomic E-state index is 6.02. The van der Waals surface area contributed by atoms with Crippen molar-refractivity contribution < 1.29 is 4.74 Å². The fraction of sp³-hybridized carbons (Fsp3) is 0.467. The molecule has 0 unspecified atom stereocenters. The summed E-state index contributed by atoms with van der Waals surface area (Å²) in [6.45, 7) is 2.89. The number of halogens is 1. The number of hydrogen-bond acceptors (Lipinski definition) is 4. The van der Waals surface area contributed by atoms with Crippen LogP contribution in [0.25, 0.3) is 10.9 Å². The number of ether oxygens (including phenoxy) is 1. The summed E-state index contributed by atoms with van der Waals surface area (Å²) in [5.74, 6) is 1.68. The van der Waals surface area contributed by atoms with Crippen LogP contribution in [0.3, 0.4) is 0 Å². The molecule has 0 aliphatic carbocycles. The van der Waals surface area contributed by atoms with E-state index in [1.807, 2.05) is 18.2 Å². The quantitative estimate of drug-likeness (QED) is 0.871. The summed E-state index contributed by atoms with van der Waals surface area (Å²) in [6, 6.07) is 5.79. The second-order valence-corrected chi connectivity index (χ2v) is 5.68. The van der Waals surface area contributed by atoms with Crippen molar-refractivity contribution >= 4 is 28.3 Å². The molecule has 2 heterocycles. The average Bonchev–Trinajstić information content (AvgIpc) is 2.47. The normalized spacial score (nSPS) is 16.8. The standard InChI is InChI=1S/C15H18ClN3O/c1-20-9-11-4-6-19(7-5-11)15-13-3-2-12(16)8-14(13)17-10-18-15/h2-3,8,10-11H,4-7,9H2,1H3. The Kier molecular flexibility index (Phi) is 4.03. The van der Waals surface area contributed by atoms with Crippen LogP contribution in [0.5, 0.6) is 0 Å². The van der Waals surface area contributed by atoms with E-state index < -0.39 is 0 Å². The number of piperidine rings is 1. The summed E-state index contributed by atoms with van der Waals surface area (Å²) in [4.78, 5) is 11.1. The van der Waals surface area contributed by atoms with Crippen molar-refractivity contribution in [1.82, 2.24) is 9.97 Å². The van der Waals surface area contributed by atoms with E-state index in [1.54, 1.807) is 13.4 Å². The van der Waals surface area contributed by atoms with Gasteiger partial charge in [-0.3, -0.25) is 0 Å². The zero-order valence-electron chi connectivity index (χ0n) is 11.6. The first-order valence-corrected chi connectivity index (χ1v) is 7.30. The van der Waals surface area contributed by atoms with Gasteiger partial charge < -0.3 is 9.64 Å². The summed E-state index contributed by atoms with van der Waals surface area (Å²) >= 11 is 6.02. The molecule has 2 aromatic rings. The van der Waals surface area contributed by atoms with Gasteiger partial charge in [0.05, 0.1) is 5.52 Å². The third kappa shape index (κ3) is 2.72. The Labute approximate surface area is 123 Å². The molecule has 0 spiro atoms. The predicted octanol–water partition coefficient (Wildman–Crippen LogP) is 3.15. The molecule has 1 aromatic heterocycles. The molecule has 5 heteroatoms. The maximum atomic E-state index is 6.02. The highest BCUT2D eigenvalue weighted by molar-refractivity contribution is 6.31. The number of aromatic nitrogens is 2. The van der Waals surface area contributed by atoms with Crippen LogP contribution < -0.4 is 4.90 Å². The van der Waals surface area contributed by atoms with Crippen LogP contribution in [-0.4, -0.2) is 36.8 Å². The van der Waals surface area contributed by atoms with Crippen LogP contribution in [0.15, 0.2) is 24.5 Å². The van der Waals surface area contributed by atoms with E-state index in [9.17, 15) is 0 Å². The van der Waals surface area contributed by atoms with Crippen LogP contribution in [-0.2, 0) is 4.74 Å². The lowest BCUT2D eigenvalue weighted by atomic mass is 9.97. The molecular formula is C15H18ClN3O. The van der Waals surface area contributed by atoms with E-state index in [-0.39, 0.29) is 0 Å². The first-order chi connectivity index (χ1) is 9.78. The zero-order chi connectivity index (χ0) is 13.9. The van der Waals surface area contributed by atoms with Crippen LogP contribution in [0.1, 0.15) is 12.8 Å². The second kappa shape index (κ2) is 5.94.